The number of amides is 1. The number of carbonyl (C=O) groups is 1. The number of halogens is 1. The minimum absolute atomic E-state index is 0.0568. The molecule has 1 aliphatic heterocycles. The Hall–Kier alpha value is -3.03. The molecule has 1 atom stereocenters. The number of nitrogens with one attached hydrogen (secondary N) is 1. The van der Waals surface area contributed by atoms with Crippen molar-refractivity contribution in [3.8, 4) is 11.3 Å². The van der Waals surface area contributed by atoms with Crippen LogP contribution in [0.3, 0.4) is 0 Å². The summed E-state index contributed by atoms with van der Waals surface area (Å²) < 4.78 is 19.6. The number of benzene rings is 2. The van der Waals surface area contributed by atoms with Gasteiger partial charge in [0.15, 0.2) is 11.7 Å². The number of aromatic nitrogens is 1. The van der Waals surface area contributed by atoms with Crippen LogP contribution < -0.4 is 5.32 Å². The molecule has 0 radical (unpaired) electrons. The minimum Gasteiger partial charge on any atom is -0.441 e. The van der Waals surface area contributed by atoms with E-state index in [4.69, 9.17) is 4.42 Å². The molecule has 7 heteroatoms. The fourth-order valence-corrected chi connectivity index (χ4v) is 3.91. The number of piperazine rings is 1. The molecule has 1 N–H and O–H groups in total. The second-order valence-electron chi connectivity index (χ2n) is 8.23. The normalized spacial score (nSPS) is 16.1. The third-order valence-electron chi connectivity index (χ3n) is 5.83. The van der Waals surface area contributed by atoms with Gasteiger partial charge in [0.25, 0.3) is 0 Å². The molecule has 6 nitrogen and oxygen atoms in total. The second-order valence-corrected chi connectivity index (χ2v) is 8.23. The number of likely N-dealkylation sites (N-methyl/N-ethyl adjacent to an activating group) is 1. The van der Waals surface area contributed by atoms with Crippen molar-refractivity contribution >= 4 is 5.91 Å². The van der Waals surface area contributed by atoms with E-state index in [1.807, 2.05) is 18.2 Å². The van der Waals surface area contributed by atoms with Crippen molar-refractivity contribution in [2.24, 2.45) is 0 Å². The molecule has 2 aromatic carbocycles. The summed E-state index contributed by atoms with van der Waals surface area (Å²) in [6, 6.07) is 16.4. The van der Waals surface area contributed by atoms with Crippen LogP contribution in [0.25, 0.3) is 11.3 Å². The van der Waals surface area contributed by atoms with E-state index < -0.39 is 0 Å². The van der Waals surface area contributed by atoms with Gasteiger partial charge >= 0.3 is 0 Å². The van der Waals surface area contributed by atoms with Gasteiger partial charge in [-0.1, -0.05) is 42.5 Å². The van der Waals surface area contributed by atoms with Crippen LogP contribution in [0.5, 0.6) is 0 Å². The standard InChI is InChI=1S/C25H29FN4O2/c1-29-13-15-30(16-14-29)18-22(19-7-3-2-4-8-19)28-24(31)11-12-25-27-17-23(32-25)20-9-5-6-10-21(20)26/h2-10,17,22H,11-16,18H2,1H3,(H,28,31). The van der Waals surface area contributed by atoms with Crippen molar-refractivity contribution in [2.45, 2.75) is 18.9 Å². The average Bonchev–Trinajstić information content (AvgIpc) is 3.28. The summed E-state index contributed by atoms with van der Waals surface area (Å²) in [5.41, 5.74) is 1.46. The zero-order valence-corrected chi connectivity index (χ0v) is 18.3. The van der Waals surface area contributed by atoms with Crippen molar-refractivity contribution in [2.75, 3.05) is 39.8 Å². The molecular weight excluding hydrogens is 407 g/mol. The molecule has 168 valence electrons. The second kappa shape index (κ2) is 10.5. The first-order chi connectivity index (χ1) is 15.6. The largest absolute Gasteiger partial charge is 0.441 e. The molecule has 2 heterocycles. The Morgan fingerprint density at radius 2 is 1.81 bits per heavy atom. The van der Waals surface area contributed by atoms with Crippen LogP contribution in [-0.2, 0) is 11.2 Å². The van der Waals surface area contributed by atoms with E-state index in [2.05, 4.69) is 39.3 Å². The summed E-state index contributed by atoms with van der Waals surface area (Å²) in [6.07, 6.45) is 2.12. The summed E-state index contributed by atoms with van der Waals surface area (Å²) in [5.74, 6) is 0.380. The van der Waals surface area contributed by atoms with Gasteiger partial charge in [0.1, 0.15) is 5.82 Å². The van der Waals surface area contributed by atoms with E-state index in [-0.39, 0.29) is 24.2 Å². The number of aryl methyl sites for hydroxylation is 1. The highest BCUT2D eigenvalue weighted by molar-refractivity contribution is 5.76. The van der Waals surface area contributed by atoms with Crippen LogP contribution in [0.1, 0.15) is 23.9 Å². The summed E-state index contributed by atoms with van der Waals surface area (Å²) in [5, 5.41) is 3.19. The lowest BCUT2D eigenvalue weighted by Crippen LogP contribution is -2.47. The Morgan fingerprint density at radius 3 is 2.56 bits per heavy atom. The molecule has 0 saturated carbocycles. The molecule has 0 spiro atoms. The van der Waals surface area contributed by atoms with Gasteiger partial charge in [0.2, 0.25) is 5.91 Å². The Bertz CT molecular complexity index is 1020. The zero-order chi connectivity index (χ0) is 22.3. The van der Waals surface area contributed by atoms with Gasteiger partial charge in [0.05, 0.1) is 17.8 Å². The van der Waals surface area contributed by atoms with Crippen molar-refractivity contribution in [1.82, 2.24) is 20.1 Å². The van der Waals surface area contributed by atoms with Crippen LogP contribution in [-0.4, -0.2) is 60.5 Å². The summed E-state index contributed by atoms with van der Waals surface area (Å²) in [7, 11) is 2.13. The molecule has 0 bridgehead atoms. The van der Waals surface area contributed by atoms with Gasteiger partial charge in [-0.15, -0.1) is 0 Å². The molecule has 1 unspecified atom stereocenters. The van der Waals surface area contributed by atoms with Gasteiger partial charge in [-0.2, -0.15) is 0 Å². The SMILES string of the molecule is CN1CCN(CC(NC(=O)CCc2ncc(-c3ccccc3F)o2)c2ccccc2)CC1. The molecule has 1 aliphatic rings. The zero-order valence-electron chi connectivity index (χ0n) is 18.3. The monoisotopic (exact) mass is 436 g/mol. The number of rotatable bonds is 8. The van der Waals surface area contributed by atoms with Crippen LogP contribution in [0, 0.1) is 5.82 Å². The van der Waals surface area contributed by atoms with Crippen LogP contribution in [0.15, 0.2) is 65.2 Å². The number of hydrogen-bond donors (Lipinski definition) is 1. The van der Waals surface area contributed by atoms with E-state index in [9.17, 15) is 9.18 Å². The van der Waals surface area contributed by atoms with Crippen LogP contribution >= 0.6 is 0 Å². The summed E-state index contributed by atoms with van der Waals surface area (Å²) >= 11 is 0. The fraction of sp³-hybridized carbons (Fsp3) is 0.360. The van der Waals surface area contributed by atoms with Crippen molar-refractivity contribution in [1.29, 1.82) is 0 Å². The maximum absolute atomic E-state index is 14.0. The van der Waals surface area contributed by atoms with E-state index >= 15 is 0 Å². The van der Waals surface area contributed by atoms with E-state index in [1.165, 1.54) is 12.3 Å². The van der Waals surface area contributed by atoms with Gasteiger partial charge in [0, 0.05) is 45.6 Å². The quantitative estimate of drug-likeness (QED) is 0.586. The maximum Gasteiger partial charge on any atom is 0.221 e. The Morgan fingerprint density at radius 1 is 1.09 bits per heavy atom. The highest BCUT2D eigenvalue weighted by atomic mass is 19.1. The minimum atomic E-state index is -0.359. The van der Waals surface area contributed by atoms with Crippen LogP contribution in [0.2, 0.25) is 0 Å². The highest BCUT2D eigenvalue weighted by Crippen LogP contribution is 2.23. The van der Waals surface area contributed by atoms with Crippen molar-refractivity contribution in [3.63, 3.8) is 0 Å². The molecule has 0 aliphatic carbocycles. The van der Waals surface area contributed by atoms with Crippen molar-refractivity contribution < 1.29 is 13.6 Å². The maximum atomic E-state index is 14.0. The third-order valence-corrected chi connectivity index (χ3v) is 5.83. The lowest BCUT2D eigenvalue weighted by molar-refractivity contribution is -0.122. The Labute approximate surface area is 188 Å². The van der Waals surface area contributed by atoms with E-state index in [1.54, 1.807) is 18.2 Å². The predicted octanol–water partition coefficient (Wildman–Crippen LogP) is 3.52. The number of hydrogen-bond acceptors (Lipinski definition) is 5. The molecule has 3 aromatic rings. The van der Waals surface area contributed by atoms with Gasteiger partial charge in [-0.3, -0.25) is 9.69 Å². The van der Waals surface area contributed by atoms with Gasteiger partial charge in [-0.25, -0.2) is 9.37 Å². The number of nitrogens with zero attached hydrogens (tertiary/aromatic N) is 3. The third kappa shape index (κ3) is 5.81. The molecule has 4 rings (SSSR count). The van der Waals surface area contributed by atoms with E-state index in [0.29, 0.717) is 23.6 Å². The molecule has 1 fully saturated rings. The first-order valence-electron chi connectivity index (χ1n) is 11.0. The summed E-state index contributed by atoms with van der Waals surface area (Å²) in [4.78, 5) is 21.7. The van der Waals surface area contributed by atoms with Gasteiger partial charge in [-0.05, 0) is 24.7 Å². The fourth-order valence-electron chi connectivity index (χ4n) is 3.91. The average molecular weight is 437 g/mol. The highest BCUT2D eigenvalue weighted by Gasteiger charge is 2.21. The first kappa shape index (κ1) is 22.2. The Kier molecular flexibility index (Phi) is 7.29. The molecular formula is C25H29FN4O2. The topological polar surface area (TPSA) is 61.6 Å². The van der Waals surface area contributed by atoms with Crippen molar-refractivity contribution in [3.05, 3.63) is 78.1 Å². The molecule has 1 amide bonds. The predicted molar refractivity (Wildman–Crippen MR) is 121 cm³/mol. The smallest absolute Gasteiger partial charge is 0.221 e. The van der Waals surface area contributed by atoms with Crippen LogP contribution in [0.4, 0.5) is 4.39 Å². The van der Waals surface area contributed by atoms with Gasteiger partial charge < -0.3 is 14.6 Å². The van der Waals surface area contributed by atoms with E-state index in [0.717, 1.165) is 38.3 Å². The number of oxazole rings is 1. The summed E-state index contributed by atoms with van der Waals surface area (Å²) in [6.45, 7) is 4.82. The first-order valence-corrected chi connectivity index (χ1v) is 11.0. The molecule has 1 aromatic heterocycles. The molecule has 32 heavy (non-hydrogen) atoms. The number of carbonyl (C=O) groups excluding carboxylic acids is 1. The lowest BCUT2D eigenvalue weighted by Gasteiger charge is -2.35. The Balaban J connectivity index is 1.36. The molecule has 1 saturated heterocycles. The lowest BCUT2D eigenvalue weighted by atomic mass is 10.1.